The third kappa shape index (κ3) is 2.57. The molecule has 5 atom stereocenters. The summed E-state index contributed by atoms with van der Waals surface area (Å²) in [5, 5.41) is 3.81. The van der Waals surface area contributed by atoms with E-state index in [2.05, 4.69) is 36.2 Å². The van der Waals surface area contributed by atoms with Crippen molar-refractivity contribution < 1.29 is 0 Å². The van der Waals surface area contributed by atoms with Crippen molar-refractivity contribution in [2.45, 2.75) is 102 Å². The topological polar surface area (TPSA) is 41.3 Å². The Bertz CT molecular complexity index is 756. The number of benzene rings is 1. The molecule has 1 aromatic rings. The maximum atomic E-state index is 6.21. The maximum absolute atomic E-state index is 6.21. The second-order valence-corrected chi connectivity index (χ2v) is 12.0. The summed E-state index contributed by atoms with van der Waals surface area (Å²) in [6.45, 7) is 5.25. The molecule has 28 heavy (non-hydrogen) atoms. The molecular weight excluding hydrogens is 342 g/mol. The minimum absolute atomic E-state index is 0.519. The van der Waals surface area contributed by atoms with Gasteiger partial charge in [-0.25, -0.2) is 0 Å². The largest absolute Gasteiger partial charge is 0.397 e. The van der Waals surface area contributed by atoms with Gasteiger partial charge in [0.15, 0.2) is 0 Å². The summed E-state index contributed by atoms with van der Waals surface area (Å²) in [7, 11) is 0. The highest BCUT2D eigenvalue weighted by atomic mass is 15.3. The van der Waals surface area contributed by atoms with Gasteiger partial charge in [-0.05, 0) is 93.1 Å². The van der Waals surface area contributed by atoms with Gasteiger partial charge in [0.05, 0.1) is 11.4 Å². The first-order valence-electron chi connectivity index (χ1n) is 11.8. The van der Waals surface area contributed by atoms with Gasteiger partial charge in [-0.3, -0.25) is 4.90 Å². The lowest BCUT2D eigenvalue weighted by Crippen LogP contribution is -2.68. The van der Waals surface area contributed by atoms with E-state index in [-0.39, 0.29) is 0 Å². The van der Waals surface area contributed by atoms with E-state index < -0.39 is 0 Å². The zero-order chi connectivity index (χ0) is 19.1. The molecule has 1 aromatic carbocycles. The fourth-order valence-electron chi connectivity index (χ4n) is 9.59. The van der Waals surface area contributed by atoms with Crippen molar-refractivity contribution in [3.05, 3.63) is 24.3 Å². The molecule has 0 radical (unpaired) electrons. The summed E-state index contributed by atoms with van der Waals surface area (Å²) >= 11 is 0. The Kier molecular flexibility index (Phi) is 3.58. The van der Waals surface area contributed by atoms with Crippen LogP contribution in [0.4, 0.5) is 11.4 Å². The number of nitrogens with two attached hydrogens (primary N) is 1. The van der Waals surface area contributed by atoms with Gasteiger partial charge < -0.3 is 11.1 Å². The van der Waals surface area contributed by atoms with Crippen LogP contribution in [0.3, 0.4) is 0 Å². The summed E-state index contributed by atoms with van der Waals surface area (Å²) in [6, 6.07) is 10.4. The predicted octanol–water partition coefficient (Wildman–Crippen LogP) is 5.43. The highest BCUT2D eigenvalue weighted by molar-refractivity contribution is 5.66. The van der Waals surface area contributed by atoms with Gasteiger partial charge in [0.25, 0.3) is 0 Å². The molecule has 0 aromatic heterocycles. The van der Waals surface area contributed by atoms with E-state index in [1.54, 1.807) is 0 Å². The number of anilines is 2. The second kappa shape index (κ2) is 5.68. The molecule has 4 saturated carbocycles. The van der Waals surface area contributed by atoms with Crippen molar-refractivity contribution in [2.24, 2.45) is 16.7 Å². The monoisotopic (exact) mass is 379 g/mol. The van der Waals surface area contributed by atoms with Gasteiger partial charge in [0.1, 0.15) is 0 Å². The van der Waals surface area contributed by atoms with Gasteiger partial charge in [-0.2, -0.15) is 0 Å². The van der Waals surface area contributed by atoms with Crippen LogP contribution >= 0.6 is 0 Å². The number of nitrogens with zero attached hydrogens (tertiary/aromatic N) is 1. The number of fused-ring (bicyclic) bond motifs is 2. The molecule has 2 unspecified atom stereocenters. The zero-order valence-corrected chi connectivity index (χ0v) is 17.7. The highest BCUT2D eigenvalue weighted by Gasteiger charge is 2.64. The third-order valence-electron chi connectivity index (χ3n) is 9.20. The Morgan fingerprint density at radius 2 is 1.57 bits per heavy atom. The van der Waals surface area contributed by atoms with Crippen LogP contribution in [0.25, 0.3) is 0 Å². The maximum Gasteiger partial charge on any atom is 0.0576 e. The van der Waals surface area contributed by atoms with E-state index in [1.807, 2.05) is 12.1 Å². The number of nitrogens with one attached hydrogen (secondary N) is 1. The number of rotatable bonds is 3. The number of piperidine rings is 1. The smallest absolute Gasteiger partial charge is 0.0576 e. The van der Waals surface area contributed by atoms with Crippen molar-refractivity contribution in [1.29, 1.82) is 0 Å². The number of hydrogen-bond acceptors (Lipinski definition) is 3. The lowest BCUT2D eigenvalue weighted by atomic mass is 9.42. The number of hydrogen-bond donors (Lipinski definition) is 2. The van der Waals surface area contributed by atoms with Gasteiger partial charge in [-0.1, -0.05) is 26.0 Å². The van der Waals surface area contributed by atoms with Crippen molar-refractivity contribution in [2.75, 3.05) is 11.1 Å². The third-order valence-corrected chi connectivity index (χ3v) is 9.20. The Labute approximate surface area is 170 Å². The normalized spacial score (nSPS) is 49.5. The van der Waals surface area contributed by atoms with Crippen LogP contribution in [-0.2, 0) is 0 Å². The van der Waals surface area contributed by atoms with Crippen LogP contribution in [0.1, 0.15) is 78.1 Å². The standard InChI is InChI=1S/C25H37N3/c1-23-11-17-12-24(2,14-23)16-25(13-17,15-23)28-19-7-8-20(28)10-18(9-19)27-22-6-4-3-5-21(22)26/h3-6,17-20,27H,7-16,26H2,1-2H3/t17?,18-,19+,20-,23?,24?,25?. The van der Waals surface area contributed by atoms with Crippen molar-refractivity contribution in [3.63, 3.8) is 0 Å². The second-order valence-electron chi connectivity index (χ2n) is 12.0. The molecule has 6 fully saturated rings. The summed E-state index contributed by atoms with van der Waals surface area (Å²) in [4.78, 5) is 3.11. The van der Waals surface area contributed by atoms with Crippen LogP contribution < -0.4 is 11.1 Å². The summed E-state index contributed by atoms with van der Waals surface area (Å²) < 4.78 is 0. The molecule has 3 nitrogen and oxygen atoms in total. The Hall–Kier alpha value is -1.22. The van der Waals surface area contributed by atoms with Crippen LogP contribution in [-0.4, -0.2) is 28.6 Å². The first-order chi connectivity index (χ1) is 13.4. The molecule has 0 spiro atoms. The summed E-state index contributed by atoms with van der Waals surface area (Å²) in [5.74, 6) is 0.991. The average molecular weight is 380 g/mol. The van der Waals surface area contributed by atoms with E-state index in [4.69, 9.17) is 5.73 Å². The molecule has 4 aliphatic carbocycles. The van der Waals surface area contributed by atoms with Crippen molar-refractivity contribution in [1.82, 2.24) is 4.90 Å². The van der Waals surface area contributed by atoms with Crippen molar-refractivity contribution in [3.8, 4) is 0 Å². The summed E-state index contributed by atoms with van der Waals surface area (Å²) in [5.41, 5.74) is 9.98. The quantitative estimate of drug-likeness (QED) is 0.689. The van der Waals surface area contributed by atoms with Crippen LogP contribution in [0.5, 0.6) is 0 Å². The van der Waals surface area contributed by atoms with Gasteiger partial charge >= 0.3 is 0 Å². The average Bonchev–Trinajstić information content (AvgIpc) is 2.86. The molecule has 6 aliphatic rings. The summed E-state index contributed by atoms with van der Waals surface area (Å²) in [6.07, 6.45) is 14.4. The van der Waals surface area contributed by atoms with E-state index >= 15 is 0 Å². The molecule has 7 rings (SSSR count). The van der Waals surface area contributed by atoms with E-state index in [1.165, 1.54) is 64.2 Å². The van der Waals surface area contributed by atoms with Gasteiger partial charge in [0.2, 0.25) is 0 Å². The zero-order valence-electron chi connectivity index (χ0n) is 17.7. The van der Waals surface area contributed by atoms with E-state index in [0.717, 1.165) is 29.4 Å². The molecule has 3 heteroatoms. The Morgan fingerprint density at radius 1 is 0.929 bits per heavy atom. The molecule has 152 valence electrons. The van der Waals surface area contributed by atoms with Crippen molar-refractivity contribution >= 4 is 11.4 Å². The lowest BCUT2D eigenvalue weighted by Gasteiger charge is -2.69. The van der Waals surface area contributed by atoms with E-state index in [9.17, 15) is 0 Å². The highest BCUT2D eigenvalue weighted by Crippen LogP contribution is 2.69. The fraction of sp³-hybridized carbons (Fsp3) is 0.760. The first-order valence-corrected chi connectivity index (χ1v) is 11.8. The van der Waals surface area contributed by atoms with Crippen LogP contribution in [0.15, 0.2) is 24.3 Å². The minimum atomic E-state index is 0.519. The number of nitrogen functional groups attached to an aromatic ring is 1. The lowest BCUT2D eigenvalue weighted by molar-refractivity contribution is -0.178. The predicted molar refractivity (Wildman–Crippen MR) is 116 cm³/mol. The molecular formula is C25H37N3. The van der Waals surface area contributed by atoms with Crippen LogP contribution in [0, 0.1) is 16.7 Å². The molecule has 3 N–H and O–H groups in total. The van der Waals surface area contributed by atoms with Gasteiger partial charge in [0, 0.05) is 23.7 Å². The fourth-order valence-corrected chi connectivity index (χ4v) is 9.59. The minimum Gasteiger partial charge on any atom is -0.397 e. The molecule has 2 saturated heterocycles. The number of para-hydroxylation sites is 2. The molecule has 6 bridgehead atoms. The Morgan fingerprint density at radius 3 is 2.18 bits per heavy atom. The SMILES string of the molecule is CC12CC3CC(C)(C1)CC(N1[C@@H]4CC[C@H]1C[C@@H](Nc1ccccc1N)C4)(C3)C2. The molecule has 2 heterocycles. The molecule has 2 aliphatic heterocycles. The van der Waals surface area contributed by atoms with Gasteiger partial charge in [-0.15, -0.1) is 0 Å². The first kappa shape index (κ1) is 17.6. The van der Waals surface area contributed by atoms with E-state index in [0.29, 0.717) is 22.4 Å². The molecule has 0 amide bonds. The van der Waals surface area contributed by atoms with Crippen LogP contribution in [0.2, 0.25) is 0 Å². The Balaban J connectivity index is 1.25.